The number of ether oxygens (including phenoxy) is 1. The van der Waals surface area contributed by atoms with Gasteiger partial charge in [0.15, 0.2) is 0 Å². The Labute approximate surface area is 130 Å². The summed E-state index contributed by atoms with van der Waals surface area (Å²) in [6.45, 7) is 5.44. The summed E-state index contributed by atoms with van der Waals surface area (Å²) in [4.78, 5) is 4.32. The Morgan fingerprint density at radius 1 is 1.35 bits per heavy atom. The molecule has 3 unspecified atom stereocenters. The zero-order chi connectivity index (χ0) is 14.4. The molecule has 3 nitrogen and oxygen atoms in total. The van der Waals surface area contributed by atoms with Gasteiger partial charge in [-0.25, -0.2) is 0 Å². The molecule has 0 spiro atoms. The molecule has 20 heavy (non-hydrogen) atoms. The summed E-state index contributed by atoms with van der Waals surface area (Å²) in [5.41, 5.74) is 1.24. The molecule has 1 fully saturated rings. The van der Waals surface area contributed by atoms with Gasteiger partial charge >= 0.3 is 0 Å². The van der Waals surface area contributed by atoms with Crippen LogP contribution in [0.15, 0.2) is 18.5 Å². The summed E-state index contributed by atoms with van der Waals surface area (Å²) in [7, 11) is 1.70. The molecule has 1 aromatic rings. The molecule has 3 atom stereocenters. The largest absolute Gasteiger partial charge is 0.495 e. The number of hydrogen-bond donors (Lipinski definition) is 1. The van der Waals surface area contributed by atoms with Crippen molar-refractivity contribution in [3.8, 4) is 5.75 Å². The van der Waals surface area contributed by atoms with Crippen molar-refractivity contribution >= 4 is 23.5 Å². The Morgan fingerprint density at radius 2 is 2.15 bits per heavy atom. The summed E-state index contributed by atoms with van der Waals surface area (Å²) in [6, 6.07) is 2.47. The van der Waals surface area contributed by atoms with Crippen LogP contribution in [0.25, 0.3) is 0 Å². The van der Waals surface area contributed by atoms with E-state index in [0.29, 0.717) is 16.5 Å². The van der Waals surface area contributed by atoms with E-state index in [1.54, 1.807) is 13.3 Å². The highest BCUT2D eigenvalue weighted by molar-refractivity contribution is 8.07. The molecule has 2 heterocycles. The monoisotopic (exact) mass is 312 g/mol. The molecule has 0 bridgehead atoms. The van der Waals surface area contributed by atoms with Gasteiger partial charge in [-0.05, 0) is 24.6 Å². The van der Waals surface area contributed by atoms with Crippen molar-refractivity contribution in [3.63, 3.8) is 0 Å². The predicted molar refractivity (Wildman–Crippen MR) is 90.0 cm³/mol. The molecule has 1 aliphatic heterocycles. The van der Waals surface area contributed by atoms with Crippen LogP contribution in [0.4, 0.5) is 0 Å². The zero-order valence-electron chi connectivity index (χ0n) is 12.5. The Hall–Kier alpha value is -0.390. The van der Waals surface area contributed by atoms with Crippen LogP contribution in [0.5, 0.6) is 5.75 Å². The standard InChI is InChI=1S/C15H24N2OS2/c1-4-13-15(20-7-6-19-13)14(17-5-2)11-8-12(18-3)10-16-9-11/h8-10,13-15,17H,4-7H2,1-3H3. The van der Waals surface area contributed by atoms with Crippen LogP contribution < -0.4 is 10.1 Å². The molecule has 1 saturated heterocycles. The molecule has 112 valence electrons. The lowest BCUT2D eigenvalue weighted by Crippen LogP contribution is -2.38. The maximum Gasteiger partial charge on any atom is 0.137 e. The number of pyridine rings is 1. The van der Waals surface area contributed by atoms with Crippen molar-refractivity contribution in [2.75, 3.05) is 25.2 Å². The molecule has 1 aromatic heterocycles. The van der Waals surface area contributed by atoms with E-state index < -0.39 is 0 Å². The first kappa shape index (κ1) is 16.0. The minimum Gasteiger partial charge on any atom is -0.495 e. The van der Waals surface area contributed by atoms with Gasteiger partial charge in [-0.2, -0.15) is 23.5 Å². The fourth-order valence-electron chi connectivity index (χ4n) is 2.61. The van der Waals surface area contributed by atoms with Crippen LogP contribution in [-0.2, 0) is 0 Å². The Kier molecular flexibility index (Phi) is 6.52. The molecular weight excluding hydrogens is 288 g/mol. The van der Waals surface area contributed by atoms with Gasteiger partial charge in [0.2, 0.25) is 0 Å². The first-order chi connectivity index (χ1) is 9.80. The highest BCUT2D eigenvalue weighted by atomic mass is 32.2. The topological polar surface area (TPSA) is 34.2 Å². The van der Waals surface area contributed by atoms with Crippen molar-refractivity contribution in [2.45, 2.75) is 36.8 Å². The Morgan fingerprint density at radius 3 is 2.85 bits per heavy atom. The minimum atomic E-state index is 0.352. The van der Waals surface area contributed by atoms with E-state index in [1.807, 2.05) is 6.20 Å². The van der Waals surface area contributed by atoms with E-state index in [2.05, 4.69) is 53.7 Å². The molecule has 2 rings (SSSR count). The van der Waals surface area contributed by atoms with Gasteiger partial charge in [0.05, 0.1) is 13.3 Å². The lowest BCUT2D eigenvalue weighted by atomic mass is 10.0. The van der Waals surface area contributed by atoms with E-state index in [0.717, 1.165) is 12.3 Å². The van der Waals surface area contributed by atoms with Crippen LogP contribution in [0.2, 0.25) is 0 Å². The van der Waals surface area contributed by atoms with Crippen molar-refractivity contribution in [1.29, 1.82) is 0 Å². The van der Waals surface area contributed by atoms with Crippen LogP contribution in [0.1, 0.15) is 31.9 Å². The normalized spacial score (nSPS) is 24.4. The van der Waals surface area contributed by atoms with Crippen molar-refractivity contribution in [3.05, 3.63) is 24.0 Å². The first-order valence-corrected chi connectivity index (χ1v) is 9.35. The maximum absolute atomic E-state index is 5.32. The van der Waals surface area contributed by atoms with Crippen LogP contribution in [0.3, 0.4) is 0 Å². The van der Waals surface area contributed by atoms with Crippen molar-refractivity contribution in [2.24, 2.45) is 0 Å². The highest BCUT2D eigenvalue weighted by Crippen LogP contribution is 2.40. The molecule has 1 N–H and O–H groups in total. The van der Waals surface area contributed by atoms with Gasteiger partial charge in [0.1, 0.15) is 5.75 Å². The quantitative estimate of drug-likeness (QED) is 0.871. The van der Waals surface area contributed by atoms with Gasteiger partial charge in [0.25, 0.3) is 0 Å². The minimum absolute atomic E-state index is 0.352. The molecule has 0 amide bonds. The third-order valence-corrected chi connectivity index (χ3v) is 6.93. The summed E-state index contributed by atoms with van der Waals surface area (Å²) >= 11 is 4.22. The van der Waals surface area contributed by atoms with Crippen LogP contribution >= 0.6 is 23.5 Å². The summed E-state index contributed by atoms with van der Waals surface area (Å²) < 4.78 is 5.32. The maximum atomic E-state index is 5.32. The van der Waals surface area contributed by atoms with E-state index in [1.165, 1.54) is 23.5 Å². The van der Waals surface area contributed by atoms with Crippen molar-refractivity contribution in [1.82, 2.24) is 10.3 Å². The molecule has 0 radical (unpaired) electrons. The number of thioether (sulfide) groups is 2. The number of nitrogens with zero attached hydrogens (tertiary/aromatic N) is 1. The molecule has 5 heteroatoms. The number of methoxy groups -OCH3 is 1. The van der Waals surface area contributed by atoms with E-state index in [9.17, 15) is 0 Å². The second-order valence-electron chi connectivity index (χ2n) is 4.85. The average molecular weight is 313 g/mol. The Bertz CT molecular complexity index is 417. The van der Waals surface area contributed by atoms with Gasteiger partial charge in [-0.15, -0.1) is 0 Å². The third kappa shape index (κ3) is 3.83. The summed E-state index contributed by atoms with van der Waals surface area (Å²) in [5, 5.41) is 4.97. The van der Waals surface area contributed by atoms with Gasteiger partial charge in [-0.1, -0.05) is 13.8 Å². The zero-order valence-corrected chi connectivity index (χ0v) is 14.1. The van der Waals surface area contributed by atoms with Gasteiger partial charge in [-0.3, -0.25) is 4.98 Å². The summed E-state index contributed by atoms with van der Waals surface area (Å²) in [6.07, 6.45) is 4.97. The summed E-state index contributed by atoms with van der Waals surface area (Å²) in [5.74, 6) is 3.35. The average Bonchev–Trinajstić information content (AvgIpc) is 2.52. The predicted octanol–water partition coefficient (Wildman–Crippen LogP) is 3.37. The van der Waals surface area contributed by atoms with Crippen molar-refractivity contribution < 1.29 is 4.74 Å². The lowest BCUT2D eigenvalue weighted by molar-refractivity contribution is 0.410. The molecule has 0 aliphatic carbocycles. The van der Waals surface area contributed by atoms with E-state index >= 15 is 0 Å². The molecular formula is C15H24N2OS2. The fourth-order valence-corrected chi connectivity index (χ4v) is 5.86. The fraction of sp³-hybridized carbons (Fsp3) is 0.667. The number of hydrogen-bond acceptors (Lipinski definition) is 5. The lowest BCUT2D eigenvalue weighted by Gasteiger charge is -2.36. The molecule has 1 aliphatic rings. The first-order valence-electron chi connectivity index (χ1n) is 7.25. The van der Waals surface area contributed by atoms with Crippen LogP contribution in [0, 0.1) is 0 Å². The van der Waals surface area contributed by atoms with Gasteiger partial charge in [0, 0.05) is 34.2 Å². The smallest absolute Gasteiger partial charge is 0.137 e. The SMILES string of the molecule is CCNC(c1cncc(OC)c1)C1SCCSC1CC. The second kappa shape index (κ2) is 8.15. The second-order valence-corrected chi connectivity index (χ2v) is 7.48. The third-order valence-electron chi connectivity index (χ3n) is 3.58. The van der Waals surface area contributed by atoms with E-state index in [-0.39, 0.29) is 0 Å². The Balaban J connectivity index is 2.24. The van der Waals surface area contributed by atoms with E-state index in [4.69, 9.17) is 4.74 Å². The van der Waals surface area contributed by atoms with Crippen LogP contribution in [-0.4, -0.2) is 40.6 Å². The number of rotatable bonds is 6. The molecule has 0 saturated carbocycles. The highest BCUT2D eigenvalue weighted by Gasteiger charge is 2.32. The number of nitrogens with one attached hydrogen (secondary N) is 1. The van der Waals surface area contributed by atoms with Gasteiger partial charge < -0.3 is 10.1 Å². The molecule has 0 aromatic carbocycles. The number of aromatic nitrogens is 1.